The van der Waals surface area contributed by atoms with Crippen molar-refractivity contribution in [3.05, 3.63) is 71.9 Å². The molecular weight excluding hydrogens is 1060 g/mol. The van der Waals surface area contributed by atoms with Crippen LogP contribution in [0.3, 0.4) is 0 Å². The zero-order valence-corrected chi connectivity index (χ0v) is 51.5. The fraction of sp³-hybridized carbons (Fsp3) is 0.781. The highest BCUT2D eigenvalue weighted by molar-refractivity contribution is 5.83. The van der Waals surface area contributed by atoms with E-state index in [2.05, 4.69) is 0 Å². The molecule has 82 heavy (non-hydrogen) atoms. The van der Waals surface area contributed by atoms with Crippen LogP contribution in [0.1, 0.15) is 160 Å². The number of hydrogen-bond acceptors (Lipinski definition) is 18. The molecule has 0 aromatic rings. The Kier molecular flexibility index (Phi) is 27.6. The minimum Gasteiger partial charge on any atom is -0.458 e. The third-order valence-corrected chi connectivity index (χ3v) is 18.3. The Hall–Kier alpha value is -3.18. The van der Waals surface area contributed by atoms with Crippen molar-refractivity contribution >= 4 is 11.9 Å². The highest BCUT2D eigenvalue weighted by atomic mass is 16.7. The summed E-state index contributed by atoms with van der Waals surface area (Å²) < 4.78 is 63.3. The SMILES string of the molecule is CCC1=C/C=C/C(CC)C(C(C)C(O)CC2(OC)CC(OC3CC(O)C(O)C(C)O3)C(CC)C(C)O2)OC(=O)/C=C/C(CC)=C/C=C/C(CC)C(C(C)C(O)CC2(OC)CC(OC3CC(O)C(O)C(C)O3)C(CC)C(C)O2)OC(=O)C=C1. The molecule has 18 heteroatoms. The van der Waals surface area contributed by atoms with E-state index in [1.54, 1.807) is 26.0 Å². The molecule has 4 fully saturated rings. The Balaban J connectivity index is 1.39. The molecule has 468 valence electrons. The molecule has 24 atom stereocenters. The first-order valence-corrected chi connectivity index (χ1v) is 30.6. The van der Waals surface area contributed by atoms with Crippen LogP contribution < -0.4 is 0 Å². The number of methoxy groups -OCH3 is 2. The van der Waals surface area contributed by atoms with E-state index < -0.39 is 121 Å². The number of cyclic esters (lactones) is 2. The predicted molar refractivity (Wildman–Crippen MR) is 309 cm³/mol. The molecule has 0 aromatic carbocycles. The minimum absolute atomic E-state index is 0.0271. The van der Waals surface area contributed by atoms with Gasteiger partial charge in [0.2, 0.25) is 0 Å². The van der Waals surface area contributed by atoms with Crippen molar-refractivity contribution in [2.24, 2.45) is 35.5 Å². The van der Waals surface area contributed by atoms with E-state index >= 15 is 0 Å². The molecule has 5 aliphatic rings. The predicted octanol–water partition coefficient (Wildman–Crippen LogP) is 8.39. The normalized spacial score (nSPS) is 41.8. The first kappa shape index (κ1) is 69.6. The maximum atomic E-state index is 14.0. The monoisotopic (exact) mass is 1160 g/mol. The Morgan fingerprint density at radius 3 is 1.23 bits per heavy atom. The standard InChI is InChI=1S/C64H104O18/c1-15-43-23-21-25-45(17-3)61(37(7)51(67)33-63(73-13)35-53(47(19-5)39(9)81-63)77-57-31-49(65)59(71)41(11)75-57)80-56(70)30-28-44(16-2)24-22-26-46(18-4)62(79-55(69)29-27-43)38(8)52(68)34-64(74-14)36-54(48(20-6)40(10)82-64)78-58-32-50(66)60(72)42(12)76-58/h21-30,37-42,45-54,57-62,65-68,71-72H,15-20,31-36H2,1-14H3/b25-21+,26-22+,29-27+,30-28?,43-23+,44-24?. The van der Waals surface area contributed by atoms with E-state index in [0.717, 1.165) is 24.0 Å². The molecule has 5 aliphatic heterocycles. The average Bonchev–Trinajstić information content (AvgIpc) is 2.83. The summed E-state index contributed by atoms with van der Waals surface area (Å²) in [5.41, 5.74) is 1.63. The highest BCUT2D eigenvalue weighted by Crippen LogP contribution is 2.44. The summed E-state index contributed by atoms with van der Waals surface area (Å²) in [5, 5.41) is 66.3. The van der Waals surface area contributed by atoms with Gasteiger partial charge in [0.05, 0.1) is 61.0 Å². The maximum Gasteiger partial charge on any atom is 0.331 e. The van der Waals surface area contributed by atoms with Gasteiger partial charge in [0, 0.05) is 100 Å². The number of carbonyl (C=O) groups is 2. The van der Waals surface area contributed by atoms with Crippen molar-refractivity contribution in [1.29, 1.82) is 0 Å². The number of hydrogen-bond donors (Lipinski definition) is 6. The van der Waals surface area contributed by atoms with Crippen LogP contribution in [0.2, 0.25) is 0 Å². The molecule has 24 unspecified atom stereocenters. The summed E-state index contributed by atoms with van der Waals surface area (Å²) in [7, 11) is 3.08. The van der Waals surface area contributed by atoms with E-state index in [1.165, 1.54) is 26.4 Å². The van der Waals surface area contributed by atoms with E-state index in [4.69, 9.17) is 47.4 Å². The Bertz CT molecular complexity index is 1990. The van der Waals surface area contributed by atoms with Crippen LogP contribution in [0.25, 0.3) is 0 Å². The maximum absolute atomic E-state index is 14.0. The first-order chi connectivity index (χ1) is 38.9. The second kappa shape index (κ2) is 32.5. The lowest BCUT2D eigenvalue weighted by Crippen LogP contribution is -2.56. The zero-order chi connectivity index (χ0) is 60.6. The van der Waals surface area contributed by atoms with Gasteiger partial charge in [-0.25, -0.2) is 9.59 Å². The number of aliphatic hydroxyl groups is 6. The van der Waals surface area contributed by atoms with Crippen molar-refractivity contribution in [3.8, 4) is 0 Å². The van der Waals surface area contributed by atoms with Crippen molar-refractivity contribution in [1.82, 2.24) is 0 Å². The third-order valence-electron chi connectivity index (χ3n) is 18.3. The van der Waals surface area contributed by atoms with Gasteiger partial charge in [0.25, 0.3) is 0 Å². The Morgan fingerprint density at radius 2 is 0.927 bits per heavy atom. The summed E-state index contributed by atoms with van der Waals surface area (Å²) in [6, 6.07) is 0. The molecule has 0 radical (unpaired) electrons. The smallest absolute Gasteiger partial charge is 0.331 e. The summed E-state index contributed by atoms with van der Waals surface area (Å²) >= 11 is 0. The van der Waals surface area contributed by atoms with Crippen molar-refractivity contribution in [2.45, 2.75) is 270 Å². The fourth-order valence-electron chi connectivity index (χ4n) is 12.8. The van der Waals surface area contributed by atoms with Gasteiger partial charge < -0.3 is 78.0 Å². The van der Waals surface area contributed by atoms with Crippen LogP contribution in [0, 0.1) is 35.5 Å². The van der Waals surface area contributed by atoms with Crippen LogP contribution in [-0.2, 0) is 57.0 Å². The van der Waals surface area contributed by atoms with Crippen molar-refractivity contribution in [3.63, 3.8) is 0 Å². The van der Waals surface area contributed by atoms with Gasteiger partial charge in [0.15, 0.2) is 24.2 Å². The van der Waals surface area contributed by atoms with Gasteiger partial charge in [-0.15, -0.1) is 0 Å². The molecule has 0 aromatic heterocycles. The Morgan fingerprint density at radius 1 is 0.561 bits per heavy atom. The van der Waals surface area contributed by atoms with Crippen LogP contribution >= 0.6 is 0 Å². The molecule has 0 saturated carbocycles. The average molecular weight is 1160 g/mol. The number of esters is 2. The van der Waals surface area contributed by atoms with Crippen molar-refractivity contribution in [2.75, 3.05) is 14.2 Å². The van der Waals surface area contributed by atoms with Crippen LogP contribution in [0.15, 0.2) is 71.9 Å². The molecular formula is C64H104O18. The van der Waals surface area contributed by atoms with E-state index in [0.29, 0.717) is 25.7 Å². The highest BCUT2D eigenvalue weighted by Gasteiger charge is 2.52. The summed E-state index contributed by atoms with van der Waals surface area (Å²) in [4.78, 5) is 28.0. The molecule has 6 N–H and O–H groups in total. The van der Waals surface area contributed by atoms with Crippen LogP contribution in [-0.4, -0.2) is 166 Å². The largest absolute Gasteiger partial charge is 0.458 e. The second-order valence-electron chi connectivity index (χ2n) is 23.7. The van der Waals surface area contributed by atoms with Crippen molar-refractivity contribution < 1.29 is 87.6 Å². The molecule has 18 nitrogen and oxygen atoms in total. The molecule has 4 saturated heterocycles. The number of carbonyl (C=O) groups excluding carboxylic acids is 2. The zero-order valence-electron chi connectivity index (χ0n) is 51.5. The van der Waals surface area contributed by atoms with Gasteiger partial charge >= 0.3 is 11.9 Å². The van der Waals surface area contributed by atoms with E-state index in [1.807, 2.05) is 106 Å². The number of rotatable bonds is 20. The van der Waals surface area contributed by atoms with Gasteiger partial charge in [-0.2, -0.15) is 0 Å². The molecule has 0 spiro atoms. The van der Waals surface area contributed by atoms with Gasteiger partial charge in [0.1, 0.15) is 24.4 Å². The first-order valence-electron chi connectivity index (χ1n) is 30.6. The molecule has 0 bridgehead atoms. The lowest BCUT2D eigenvalue weighted by molar-refractivity contribution is -0.337. The molecule has 5 rings (SSSR count). The van der Waals surface area contributed by atoms with Gasteiger partial charge in [-0.05, 0) is 77.4 Å². The summed E-state index contributed by atoms with van der Waals surface area (Å²) in [6.45, 7) is 23.0. The fourth-order valence-corrected chi connectivity index (χ4v) is 12.8. The topological polar surface area (TPSA) is 248 Å². The minimum atomic E-state index is -1.29. The van der Waals surface area contributed by atoms with Crippen LogP contribution in [0.4, 0.5) is 0 Å². The lowest BCUT2D eigenvalue weighted by atomic mass is 9.80. The summed E-state index contributed by atoms with van der Waals surface area (Å²) in [5.74, 6) is -5.81. The molecule has 0 amide bonds. The number of ether oxygens (including phenoxy) is 10. The number of allylic oxidation sites excluding steroid dienone is 8. The summed E-state index contributed by atoms with van der Waals surface area (Å²) in [6.07, 6.45) is 9.96. The second-order valence-corrected chi connectivity index (χ2v) is 23.7. The number of aliphatic hydroxyl groups excluding tert-OH is 6. The third kappa shape index (κ3) is 18.4. The van der Waals surface area contributed by atoms with E-state index in [9.17, 15) is 40.2 Å². The molecule has 5 heterocycles. The quantitative estimate of drug-likeness (QED) is 0.0627. The molecule has 0 aliphatic carbocycles. The lowest BCUT2D eigenvalue weighted by Gasteiger charge is -2.49. The van der Waals surface area contributed by atoms with Gasteiger partial charge in [-0.3, -0.25) is 0 Å². The van der Waals surface area contributed by atoms with Crippen LogP contribution in [0.5, 0.6) is 0 Å². The van der Waals surface area contributed by atoms with Gasteiger partial charge in [-0.1, -0.05) is 104 Å². The van der Waals surface area contributed by atoms with E-state index in [-0.39, 0.29) is 74.4 Å². The Labute approximate surface area is 489 Å².